The van der Waals surface area contributed by atoms with Crippen LogP contribution in [0.1, 0.15) is 0 Å². The molecule has 1 saturated heterocycles. The molecule has 0 aliphatic carbocycles. The van der Waals surface area contributed by atoms with Gasteiger partial charge in [0.15, 0.2) is 6.29 Å². The summed E-state index contributed by atoms with van der Waals surface area (Å²) in [6.45, 7) is 0.00419. The standard InChI is InChI=1S/C8H16N2O5/c1-9-8(13)10-5-4(11)3-15-7(14-2)6(5)12/h4-7,11-12H,3H2,1-2H3,(H2,9,10,13)/t4-,5-,6+,7-/m0/s1. The van der Waals surface area contributed by atoms with Gasteiger partial charge in [0.1, 0.15) is 12.2 Å². The van der Waals surface area contributed by atoms with Gasteiger partial charge < -0.3 is 30.3 Å². The zero-order valence-electron chi connectivity index (χ0n) is 8.64. The molecule has 1 aliphatic heterocycles. The maximum Gasteiger partial charge on any atom is 0.314 e. The lowest BCUT2D eigenvalue weighted by Gasteiger charge is -2.37. The van der Waals surface area contributed by atoms with Crippen LogP contribution in [0.3, 0.4) is 0 Å². The summed E-state index contributed by atoms with van der Waals surface area (Å²) in [4.78, 5) is 11.0. The van der Waals surface area contributed by atoms with Crippen LogP contribution < -0.4 is 10.6 Å². The Balaban J connectivity index is 2.61. The molecule has 0 aromatic carbocycles. The van der Waals surface area contributed by atoms with E-state index in [4.69, 9.17) is 9.47 Å². The van der Waals surface area contributed by atoms with Crippen molar-refractivity contribution in [1.29, 1.82) is 0 Å². The summed E-state index contributed by atoms with van der Waals surface area (Å²) in [6.07, 6.45) is -2.89. The van der Waals surface area contributed by atoms with Gasteiger partial charge in [0.05, 0.1) is 12.6 Å². The first-order valence-corrected chi connectivity index (χ1v) is 4.59. The summed E-state index contributed by atoms with van der Waals surface area (Å²) < 4.78 is 9.85. The van der Waals surface area contributed by atoms with Crippen molar-refractivity contribution in [3.63, 3.8) is 0 Å². The molecule has 0 radical (unpaired) electrons. The zero-order chi connectivity index (χ0) is 11.4. The number of nitrogens with one attached hydrogen (secondary N) is 2. The number of aliphatic hydroxyl groups is 2. The van der Waals surface area contributed by atoms with Gasteiger partial charge in [-0.3, -0.25) is 0 Å². The van der Waals surface area contributed by atoms with E-state index in [-0.39, 0.29) is 6.61 Å². The Morgan fingerprint density at radius 1 is 1.53 bits per heavy atom. The number of hydrogen-bond acceptors (Lipinski definition) is 5. The quantitative estimate of drug-likeness (QED) is 0.431. The fourth-order valence-corrected chi connectivity index (χ4v) is 1.41. The molecule has 1 rings (SSSR count). The number of carbonyl (C=O) groups is 1. The van der Waals surface area contributed by atoms with Crippen LogP contribution in [-0.2, 0) is 9.47 Å². The Labute approximate surface area is 87.4 Å². The Kier molecular flexibility index (Phi) is 4.28. The average Bonchev–Trinajstić information content (AvgIpc) is 2.24. The number of rotatable bonds is 2. The van der Waals surface area contributed by atoms with E-state index in [0.29, 0.717) is 0 Å². The molecule has 4 N–H and O–H groups in total. The third kappa shape index (κ3) is 2.78. The van der Waals surface area contributed by atoms with Crippen molar-refractivity contribution in [2.45, 2.75) is 24.5 Å². The van der Waals surface area contributed by atoms with Crippen LogP contribution in [0.2, 0.25) is 0 Å². The molecule has 1 heterocycles. The lowest BCUT2D eigenvalue weighted by molar-refractivity contribution is -0.234. The van der Waals surface area contributed by atoms with Crippen LogP contribution in [0.15, 0.2) is 0 Å². The molecular weight excluding hydrogens is 204 g/mol. The highest BCUT2D eigenvalue weighted by molar-refractivity contribution is 5.74. The second-order valence-corrected chi connectivity index (χ2v) is 3.24. The number of amides is 2. The Hall–Kier alpha value is -0.890. The maximum atomic E-state index is 11.0. The molecule has 7 nitrogen and oxygen atoms in total. The largest absolute Gasteiger partial charge is 0.388 e. The second kappa shape index (κ2) is 5.26. The van der Waals surface area contributed by atoms with Crippen molar-refractivity contribution in [1.82, 2.24) is 10.6 Å². The smallest absolute Gasteiger partial charge is 0.314 e. The monoisotopic (exact) mass is 220 g/mol. The van der Waals surface area contributed by atoms with E-state index >= 15 is 0 Å². The summed E-state index contributed by atoms with van der Waals surface area (Å²) >= 11 is 0. The van der Waals surface area contributed by atoms with E-state index in [1.54, 1.807) is 0 Å². The lowest BCUT2D eigenvalue weighted by Crippen LogP contribution is -2.61. The fraction of sp³-hybridized carbons (Fsp3) is 0.875. The second-order valence-electron chi connectivity index (χ2n) is 3.24. The number of carbonyl (C=O) groups excluding carboxylic acids is 1. The van der Waals surface area contributed by atoms with E-state index in [1.807, 2.05) is 0 Å². The van der Waals surface area contributed by atoms with Crippen LogP contribution in [0, 0.1) is 0 Å². The van der Waals surface area contributed by atoms with E-state index < -0.39 is 30.6 Å². The highest BCUT2D eigenvalue weighted by atomic mass is 16.7. The van der Waals surface area contributed by atoms with Gasteiger partial charge in [-0.2, -0.15) is 0 Å². The van der Waals surface area contributed by atoms with Gasteiger partial charge in [0.2, 0.25) is 0 Å². The third-order valence-electron chi connectivity index (χ3n) is 2.25. The van der Waals surface area contributed by atoms with Crippen molar-refractivity contribution >= 4 is 6.03 Å². The SMILES string of the molecule is CNC(=O)N[C@@H]1[C@@H](O)[C@@H](OC)OC[C@@H]1O. The summed E-state index contributed by atoms with van der Waals surface area (Å²) in [5.74, 6) is 0. The molecule has 0 saturated carbocycles. The first kappa shape index (κ1) is 12.2. The third-order valence-corrected chi connectivity index (χ3v) is 2.25. The molecule has 1 aliphatic rings. The minimum atomic E-state index is -1.10. The molecule has 0 bridgehead atoms. The molecular formula is C8H16N2O5. The van der Waals surface area contributed by atoms with E-state index in [1.165, 1.54) is 14.2 Å². The van der Waals surface area contributed by atoms with Gasteiger partial charge in [0.25, 0.3) is 0 Å². The van der Waals surface area contributed by atoms with Gasteiger partial charge in [-0.1, -0.05) is 0 Å². The zero-order valence-corrected chi connectivity index (χ0v) is 8.64. The molecule has 1 fully saturated rings. The van der Waals surface area contributed by atoms with E-state index in [2.05, 4.69) is 10.6 Å². The minimum Gasteiger partial charge on any atom is -0.388 e. The Bertz CT molecular complexity index is 225. The first-order valence-electron chi connectivity index (χ1n) is 4.59. The number of ether oxygens (including phenoxy) is 2. The summed E-state index contributed by atoms with van der Waals surface area (Å²) in [7, 11) is 2.82. The van der Waals surface area contributed by atoms with Crippen molar-refractivity contribution in [3.05, 3.63) is 0 Å². The van der Waals surface area contributed by atoms with Crippen molar-refractivity contribution in [2.75, 3.05) is 20.8 Å². The molecule has 0 spiro atoms. The van der Waals surface area contributed by atoms with E-state index in [0.717, 1.165) is 0 Å². The van der Waals surface area contributed by atoms with Gasteiger partial charge in [-0.15, -0.1) is 0 Å². The number of hydrogen-bond donors (Lipinski definition) is 4. The van der Waals surface area contributed by atoms with Crippen LogP contribution in [-0.4, -0.2) is 61.5 Å². The van der Waals surface area contributed by atoms with Crippen LogP contribution in [0.25, 0.3) is 0 Å². The number of aliphatic hydroxyl groups excluding tert-OH is 2. The van der Waals surface area contributed by atoms with Crippen LogP contribution in [0.5, 0.6) is 0 Å². The van der Waals surface area contributed by atoms with Gasteiger partial charge in [0, 0.05) is 14.2 Å². The van der Waals surface area contributed by atoms with Gasteiger partial charge in [-0.05, 0) is 0 Å². The molecule has 88 valence electrons. The molecule has 2 amide bonds. The minimum absolute atomic E-state index is 0.00419. The molecule has 0 unspecified atom stereocenters. The molecule has 4 atom stereocenters. The van der Waals surface area contributed by atoms with Crippen LogP contribution in [0.4, 0.5) is 4.79 Å². The number of urea groups is 1. The summed E-state index contributed by atoms with van der Waals surface area (Å²) in [5, 5.41) is 24.0. The van der Waals surface area contributed by atoms with Crippen molar-refractivity contribution < 1.29 is 24.5 Å². The van der Waals surface area contributed by atoms with Gasteiger partial charge >= 0.3 is 6.03 Å². The van der Waals surface area contributed by atoms with Crippen molar-refractivity contribution in [3.8, 4) is 0 Å². The fourth-order valence-electron chi connectivity index (χ4n) is 1.41. The van der Waals surface area contributed by atoms with Gasteiger partial charge in [-0.25, -0.2) is 4.79 Å². The molecule has 0 aromatic heterocycles. The van der Waals surface area contributed by atoms with E-state index in [9.17, 15) is 15.0 Å². The first-order chi connectivity index (χ1) is 7.10. The maximum absolute atomic E-state index is 11.0. The molecule has 15 heavy (non-hydrogen) atoms. The highest BCUT2D eigenvalue weighted by Crippen LogP contribution is 2.15. The topological polar surface area (TPSA) is 100 Å². The average molecular weight is 220 g/mol. The summed E-state index contributed by atoms with van der Waals surface area (Å²) in [5.41, 5.74) is 0. The summed E-state index contributed by atoms with van der Waals surface area (Å²) in [6, 6.07) is -1.28. The predicted octanol–water partition coefficient (Wildman–Crippen LogP) is -1.99. The van der Waals surface area contributed by atoms with Crippen LogP contribution >= 0.6 is 0 Å². The Morgan fingerprint density at radius 3 is 2.73 bits per heavy atom. The Morgan fingerprint density at radius 2 is 2.20 bits per heavy atom. The molecule has 7 heteroatoms. The van der Waals surface area contributed by atoms with Crippen molar-refractivity contribution in [2.24, 2.45) is 0 Å². The molecule has 0 aromatic rings. The number of methoxy groups -OCH3 is 1. The predicted molar refractivity (Wildman–Crippen MR) is 50.1 cm³/mol. The highest BCUT2D eigenvalue weighted by Gasteiger charge is 2.39. The normalized spacial score (nSPS) is 36.0. The lowest BCUT2D eigenvalue weighted by atomic mass is 10.0.